The zero-order chi connectivity index (χ0) is 14.2. The summed E-state index contributed by atoms with van der Waals surface area (Å²) in [6.07, 6.45) is -0.443. The Kier molecular flexibility index (Phi) is 4.04. The Morgan fingerprint density at radius 1 is 1.21 bits per heavy atom. The normalized spacial score (nSPS) is 27.5. The molecule has 0 aromatic carbocycles. The molecule has 2 fully saturated rings. The lowest BCUT2D eigenvalue weighted by atomic mass is 9.99. The Morgan fingerprint density at radius 2 is 1.74 bits per heavy atom. The van der Waals surface area contributed by atoms with Crippen LogP contribution in [0.1, 0.15) is 20.8 Å². The van der Waals surface area contributed by atoms with Gasteiger partial charge in [-0.1, -0.05) is 0 Å². The average molecular weight is 274 g/mol. The topological polar surface area (TPSA) is 32.8 Å². The van der Waals surface area contributed by atoms with Crippen molar-refractivity contribution in [2.45, 2.75) is 26.4 Å². The third-order valence-corrected chi connectivity index (χ3v) is 3.61. The molecule has 0 aliphatic carbocycles. The van der Waals surface area contributed by atoms with Crippen molar-refractivity contribution in [2.24, 2.45) is 11.8 Å². The van der Waals surface area contributed by atoms with E-state index in [1.54, 1.807) is 9.80 Å². The molecule has 0 bridgehead atoms. The molecule has 2 aliphatic heterocycles. The molecule has 2 rings (SSSR count). The minimum Gasteiger partial charge on any atom is -0.444 e. The number of likely N-dealkylation sites (tertiary alicyclic amines) is 2. The maximum Gasteiger partial charge on any atom is 0.551 e. The van der Waals surface area contributed by atoms with Crippen LogP contribution in [0.15, 0.2) is 0 Å². The van der Waals surface area contributed by atoms with E-state index in [-0.39, 0.29) is 12.5 Å². The fraction of sp³-hybridized carbons (Fsp3) is 0.917. The summed E-state index contributed by atoms with van der Waals surface area (Å²) >= 11 is 0. The van der Waals surface area contributed by atoms with Crippen LogP contribution in [0.25, 0.3) is 0 Å². The molecule has 7 heteroatoms. The summed E-state index contributed by atoms with van der Waals surface area (Å²) in [5.41, 5.74) is -0.490. The van der Waals surface area contributed by atoms with Crippen molar-refractivity contribution in [1.29, 1.82) is 0 Å². The molecular formula is C12H21BF2N2O2. The second kappa shape index (κ2) is 5.27. The number of fused-ring (bicyclic) bond motifs is 1. The van der Waals surface area contributed by atoms with Crippen molar-refractivity contribution in [3.63, 3.8) is 0 Å². The van der Waals surface area contributed by atoms with E-state index < -0.39 is 12.9 Å². The van der Waals surface area contributed by atoms with Crippen LogP contribution >= 0.6 is 0 Å². The highest BCUT2D eigenvalue weighted by Crippen LogP contribution is 2.31. The van der Waals surface area contributed by atoms with Crippen LogP contribution in [-0.2, 0) is 4.74 Å². The maximum absolute atomic E-state index is 12.3. The first-order chi connectivity index (χ1) is 8.74. The molecule has 2 saturated heterocycles. The van der Waals surface area contributed by atoms with Crippen molar-refractivity contribution in [3.8, 4) is 0 Å². The molecule has 0 spiro atoms. The second-order valence-corrected chi connectivity index (χ2v) is 6.52. The van der Waals surface area contributed by atoms with Gasteiger partial charge in [0.2, 0.25) is 0 Å². The number of nitrogens with zero attached hydrogens (tertiary/aromatic N) is 2. The standard InChI is InChI=1S/C12H21BF2N2O2/c1-12(2,3)19-11(18)17-6-9-4-16(8-13(14)15)5-10(9)7-17/h9-10H,4-8H2,1-3H3. The SMILES string of the molecule is CC(C)(C)OC(=O)N1CC2CN(CB(F)F)CC2C1. The van der Waals surface area contributed by atoms with Gasteiger partial charge in [-0.15, -0.1) is 0 Å². The van der Waals surface area contributed by atoms with Crippen molar-refractivity contribution in [2.75, 3.05) is 32.6 Å². The molecule has 0 radical (unpaired) electrons. The van der Waals surface area contributed by atoms with Gasteiger partial charge in [-0.3, -0.25) is 8.63 Å². The van der Waals surface area contributed by atoms with E-state index in [1.165, 1.54) is 0 Å². The zero-order valence-electron chi connectivity index (χ0n) is 11.7. The summed E-state index contributed by atoms with van der Waals surface area (Å²) in [6.45, 7) is 8.09. The average Bonchev–Trinajstić information content (AvgIpc) is 2.70. The number of hydrogen-bond donors (Lipinski definition) is 0. The Labute approximate surface area is 113 Å². The second-order valence-electron chi connectivity index (χ2n) is 6.52. The van der Waals surface area contributed by atoms with E-state index in [2.05, 4.69) is 0 Å². The van der Waals surface area contributed by atoms with Gasteiger partial charge in [0.15, 0.2) is 0 Å². The summed E-state index contributed by atoms with van der Waals surface area (Å²) in [5, 5.41) is 0. The molecule has 0 N–H and O–H groups in total. The van der Waals surface area contributed by atoms with E-state index in [9.17, 15) is 13.4 Å². The largest absolute Gasteiger partial charge is 0.551 e. The summed E-state index contributed by atoms with van der Waals surface area (Å²) in [7, 11) is -2.28. The lowest BCUT2D eigenvalue weighted by Crippen LogP contribution is -2.38. The number of carbonyl (C=O) groups excluding carboxylic acids is 1. The van der Waals surface area contributed by atoms with Gasteiger partial charge < -0.3 is 14.5 Å². The van der Waals surface area contributed by atoms with Gasteiger partial charge in [0.25, 0.3) is 0 Å². The molecule has 0 aromatic rings. The third kappa shape index (κ3) is 3.81. The quantitative estimate of drug-likeness (QED) is 0.719. The van der Waals surface area contributed by atoms with Gasteiger partial charge in [-0.25, -0.2) is 4.79 Å². The maximum atomic E-state index is 12.3. The van der Waals surface area contributed by atoms with Gasteiger partial charge in [-0.05, 0) is 32.6 Å². The Hall–Kier alpha value is -0.845. The number of ether oxygens (including phenoxy) is 1. The van der Waals surface area contributed by atoms with Gasteiger partial charge >= 0.3 is 13.4 Å². The zero-order valence-corrected chi connectivity index (χ0v) is 11.7. The number of amides is 1. The third-order valence-electron chi connectivity index (χ3n) is 3.61. The molecule has 2 unspecified atom stereocenters. The summed E-state index contributed by atoms with van der Waals surface area (Å²) in [6, 6.07) is 0. The molecule has 2 atom stereocenters. The number of rotatable bonds is 2. The highest BCUT2D eigenvalue weighted by Gasteiger charge is 2.43. The Bertz CT molecular complexity index is 335. The first-order valence-electron chi connectivity index (χ1n) is 6.73. The van der Waals surface area contributed by atoms with Gasteiger partial charge in [-0.2, -0.15) is 0 Å². The molecular weight excluding hydrogens is 253 g/mol. The van der Waals surface area contributed by atoms with Crippen LogP contribution < -0.4 is 0 Å². The predicted molar refractivity (Wildman–Crippen MR) is 69.2 cm³/mol. The lowest BCUT2D eigenvalue weighted by Gasteiger charge is -2.25. The van der Waals surface area contributed by atoms with Gasteiger partial charge in [0, 0.05) is 32.6 Å². The van der Waals surface area contributed by atoms with Crippen LogP contribution in [0.5, 0.6) is 0 Å². The fourth-order valence-electron chi connectivity index (χ4n) is 2.91. The first kappa shape index (κ1) is 14.6. The van der Waals surface area contributed by atoms with E-state index >= 15 is 0 Å². The van der Waals surface area contributed by atoms with Crippen LogP contribution in [0.4, 0.5) is 13.4 Å². The number of carbonyl (C=O) groups is 1. The van der Waals surface area contributed by atoms with Crippen molar-refractivity contribution < 1.29 is 18.2 Å². The highest BCUT2D eigenvalue weighted by atomic mass is 19.2. The first-order valence-corrected chi connectivity index (χ1v) is 6.73. The van der Waals surface area contributed by atoms with Crippen molar-refractivity contribution in [3.05, 3.63) is 0 Å². The molecule has 1 amide bonds. The lowest BCUT2D eigenvalue weighted by molar-refractivity contribution is 0.0275. The van der Waals surface area contributed by atoms with Gasteiger partial charge in [0.1, 0.15) is 5.60 Å². The van der Waals surface area contributed by atoms with Gasteiger partial charge in [0.05, 0.1) is 0 Å². The van der Waals surface area contributed by atoms with Crippen molar-refractivity contribution in [1.82, 2.24) is 9.80 Å². The molecule has 0 aromatic heterocycles. The minimum atomic E-state index is -2.28. The summed E-state index contributed by atoms with van der Waals surface area (Å²) in [4.78, 5) is 15.4. The molecule has 2 heterocycles. The number of hydrogen-bond acceptors (Lipinski definition) is 3. The van der Waals surface area contributed by atoms with Crippen molar-refractivity contribution >= 4 is 13.4 Å². The molecule has 108 valence electrons. The minimum absolute atomic E-state index is 0.153. The van der Waals surface area contributed by atoms with E-state index in [0.717, 1.165) is 0 Å². The van der Waals surface area contributed by atoms with Crippen LogP contribution in [-0.4, -0.2) is 61.4 Å². The smallest absolute Gasteiger partial charge is 0.444 e. The van der Waals surface area contributed by atoms with E-state index in [1.807, 2.05) is 20.8 Å². The van der Waals surface area contributed by atoms with Crippen LogP contribution in [0.2, 0.25) is 0 Å². The summed E-state index contributed by atoms with van der Waals surface area (Å²) in [5.74, 6) is 0.623. The monoisotopic (exact) mass is 274 g/mol. The molecule has 0 saturated carbocycles. The Balaban J connectivity index is 1.82. The van der Waals surface area contributed by atoms with E-state index in [4.69, 9.17) is 4.74 Å². The number of halogens is 2. The fourth-order valence-corrected chi connectivity index (χ4v) is 2.91. The Morgan fingerprint density at radius 3 is 2.16 bits per heavy atom. The summed E-state index contributed by atoms with van der Waals surface area (Å²) < 4.78 is 30.0. The van der Waals surface area contributed by atoms with Crippen LogP contribution in [0, 0.1) is 11.8 Å². The molecule has 4 nitrogen and oxygen atoms in total. The van der Waals surface area contributed by atoms with Crippen LogP contribution in [0.3, 0.4) is 0 Å². The van der Waals surface area contributed by atoms with E-state index in [0.29, 0.717) is 38.0 Å². The highest BCUT2D eigenvalue weighted by molar-refractivity contribution is 6.42. The molecule has 2 aliphatic rings. The molecule has 19 heavy (non-hydrogen) atoms. The predicted octanol–water partition coefficient (Wildman–Crippen LogP) is 1.75.